The van der Waals surface area contributed by atoms with Crippen molar-refractivity contribution >= 4 is 5.82 Å². The molecule has 1 heterocycles. The maximum Gasteiger partial charge on any atom is 0.245 e. The second-order valence-corrected chi connectivity index (χ2v) is 3.86. The van der Waals surface area contributed by atoms with Gasteiger partial charge in [0.05, 0.1) is 6.20 Å². The minimum absolute atomic E-state index is 0.337. The van der Waals surface area contributed by atoms with E-state index in [2.05, 4.69) is 10.4 Å². The van der Waals surface area contributed by atoms with Crippen molar-refractivity contribution in [2.45, 2.75) is 19.3 Å². The molecule has 0 spiro atoms. The number of nitrogens with zero attached hydrogens (tertiary/aromatic N) is 2. The number of aryl methyl sites for hydroxylation is 1. The Morgan fingerprint density at radius 3 is 2.79 bits per heavy atom. The van der Waals surface area contributed by atoms with E-state index in [4.69, 9.17) is 0 Å². The lowest BCUT2D eigenvalue weighted by atomic mass is 10.1. The Morgan fingerprint density at radius 2 is 2.36 bits per heavy atom. The van der Waals surface area contributed by atoms with Crippen LogP contribution in [-0.4, -0.2) is 22.8 Å². The van der Waals surface area contributed by atoms with E-state index in [0.717, 1.165) is 5.82 Å². The van der Waals surface area contributed by atoms with Crippen molar-refractivity contribution in [3.8, 4) is 0 Å². The standard InChI is InChI=1S/C9H13F2N3/c1-14-7(2-5-13-14)12-6-9(3-4-9)8(10)11/h2,5,8,12H,3-4,6H2,1H3. The van der Waals surface area contributed by atoms with Gasteiger partial charge in [-0.2, -0.15) is 5.10 Å². The van der Waals surface area contributed by atoms with Crippen LogP contribution in [0.1, 0.15) is 12.8 Å². The Balaban J connectivity index is 1.92. The summed E-state index contributed by atoms with van der Waals surface area (Å²) in [5, 5.41) is 6.95. The number of anilines is 1. The third-order valence-corrected chi connectivity index (χ3v) is 2.80. The van der Waals surface area contributed by atoms with Crippen molar-refractivity contribution in [1.29, 1.82) is 0 Å². The minimum Gasteiger partial charge on any atom is -0.370 e. The average molecular weight is 201 g/mol. The van der Waals surface area contributed by atoms with Crippen LogP contribution in [0.2, 0.25) is 0 Å². The Morgan fingerprint density at radius 1 is 1.64 bits per heavy atom. The monoisotopic (exact) mass is 201 g/mol. The van der Waals surface area contributed by atoms with Gasteiger partial charge < -0.3 is 5.32 Å². The topological polar surface area (TPSA) is 29.9 Å². The second kappa shape index (κ2) is 3.22. The summed E-state index contributed by atoms with van der Waals surface area (Å²) in [6.07, 6.45) is 0.665. The van der Waals surface area contributed by atoms with Gasteiger partial charge in [0, 0.05) is 25.1 Å². The number of nitrogens with one attached hydrogen (secondary N) is 1. The van der Waals surface area contributed by atoms with Gasteiger partial charge in [-0.05, 0) is 12.8 Å². The molecule has 0 aliphatic heterocycles. The first-order chi connectivity index (χ1) is 6.64. The van der Waals surface area contributed by atoms with Crippen LogP contribution in [0.4, 0.5) is 14.6 Å². The van der Waals surface area contributed by atoms with E-state index < -0.39 is 11.8 Å². The van der Waals surface area contributed by atoms with Crippen LogP contribution in [0.3, 0.4) is 0 Å². The fourth-order valence-electron chi connectivity index (χ4n) is 1.45. The van der Waals surface area contributed by atoms with Gasteiger partial charge in [-0.3, -0.25) is 4.68 Å². The van der Waals surface area contributed by atoms with Crippen LogP contribution in [-0.2, 0) is 7.05 Å². The van der Waals surface area contributed by atoms with E-state index in [1.807, 2.05) is 0 Å². The van der Waals surface area contributed by atoms with Crippen LogP contribution in [0.5, 0.6) is 0 Å². The smallest absolute Gasteiger partial charge is 0.245 e. The highest BCUT2D eigenvalue weighted by Gasteiger charge is 2.50. The molecule has 1 aromatic heterocycles. The summed E-state index contributed by atoms with van der Waals surface area (Å²) in [5.74, 6) is 0.789. The van der Waals surface area contributed by atoms with Crippen molar-refractivity contribution in [1.82, 2.24) is 9.78 Å². The molecular weight excluding hydrogens is 188 g/mol. The summed E-state index contributed by atoms with van der Waals surface area (Å²) >= 11 is 0. The predicted octanol–water partition coefficient (Wildman–Crippen LogP) is 1.88. The zero-order chi connectivity index (χ0) is 10.2. The maximum absolute atomic E-state index is 12.5. The molecule has 0 amide bonds. The summed E-state index contributed by atoms with van der Waals surface area (Å²) in [5.41, 5.74) is -0.774. The van der Waals surface area contributed by atoms with Gasteiger partial charge in [0.25, 0.3) is 0 Å². The molecule has 1 saturated carbocycles. The molecule has 2 rings (SSSR count). The number of hydrogen-bond acceptors (Lipinski definition) is 2. The summed E-state index contributed by atoms with van der Waals surface area (Å²) in [4.78, 5) is 0. The zero-order valence-electron chi connectivity index (χ0n) is 8.00. The Bertz CT molecular complexity index is 318. The summed E-state index contributed by atoms with van der Waals surface area (Å²) in [7, 11) is 1.78. The van der Waals surface area contributed by atoms with E-state index in [1.54, 1.807) is 24.0 Å². The molecule has 0 aromatic carbocycles. The number of halogens is 2. The van der Waals surface area contributed by atoms with Crippen LogP contribution in [0, 0.1) is 5.41 Å². The van der Waals surface area contributed by atoms with E-state index in [-0.39, 0.29) is 0 Å². The summed E-state index contributed by atoms with van der Waals surface area (Å²) in [6.45, 7) is 0.337. The highest BCUT2D eigenvalue weighted by Crippen LogP contribution is 2.50. The largest absolute Gasteiger partial charge is 0.370 e. The minimum atomic E-state index is -2.22. The summed E-state index contributed by atoms with van der Waals surface area (Å²) < 4.78 is 26.7. The molecule has 0 radical (unpaired) electrons. The Kier molecular flexibility index (Phi) is 2.17. The maximum atomic E-state index is 12.5. The molecular formula is C9H13F2N3. The molecule has 3 nitrogen and oxygen atoms in total. The normalized spacial score (nSPS) is 18.6. The van der Waals surface area contributed by atoms with Crippen LogP contribution in [0.25, 0.3) is 0 Å². The van der Waals surface area contributed by atoms with Gasteiger partial charge in [0.15, 0.2) is 0 Å². The van der Waals surface area contributed by atoms with Crippen LogP contribution < -0.4 is 5.32 Å². The molecule has 1 N–H and O–H groups in total. The first kappa shape index (κ1) is 9.43. The predicted molar refractivity (Wildman–Crippen MR) is 49.4 cm³/mol. The van der Waals surface area contributed by atoms with Crippen molar-refractivity contribution in [2.75, 3.05) is 11.9 Å². The molecule has 1 aliphatic carbocycles. The molecule has 0 bridgehead atoms. The highest BCUT2D eigenvalue weighted by molar-refractivity contribution is 5.34. The van der Waals surface area contributed by atoms with E-state index in [9.17, 15) is 8.78 Å². The van der Waals surface area contributed by atoms with Crippen molar-refractivity contribution < 1.29 is 8.78 Å². The van der Waals surface area contributed by atoms with Crippen molar-refractivity contribution in [3.05, 3.63) is 12.3 Å². The van der Waals surface area contributed by atoms with Gasteiger partial charge in [0.2, 0.25) is 6.43 Å². The number of hydrogen-bond donors (Lipinski definition) is 1. The van der Waals surface area contributed by atoms with Gasteiger partial charge in [-0.15, -0.1) is 0 Å². The van der Waals surface area contributed by atoms with Crippen LogP contribution >= 0.6 is 0 Å². The first-order valence-electron chi connectivity index (χ1n) is 4.64. The first-order valence-corrected chi connectivity index (χ1v) is 4.64. The van der Waals surface area contributed by atoms with Gasteiger partial charge in [-0.1, -0.05) is 0 Å². The molecule has 0 unspecified atom stereocenters. The SMILES string of the molecule is Cn1nccc1NCC1(C(F)F)CC1. The van der Waals surface area contributed by atoms with Gasteiger partial charge in [0.1, 0.15) is 5.82 Å². The number of rotatable bonds is 4. The van der Waals surface area contributed by atoms with Gasteiger partial charge in [-0.25, -0.2) is 8.78 Å². The molecule has 14 heavy (non-hydrogen) atoms. The third-order valence-electron chi connectivity index (χ3n) is 2.80. The number of aromatic nitrogens is 2. The van der Waals surface area contributed by atoms with E-state index in [0.29, 0.717) is 19.4 Å². The second-order valence-electron chi connectivity index (χ2n) is 3.86. The van der Waals surface area contributed by atoms with Crippen molar-refractivity contribution in [3.63, 3.8) is 0 Å². The van der Waals surface area contributed by atoms with E-state index >= 15 is 0 Å². The number of alkyl halides is 2. The Labute approximate surface area is 81.1 Å². The summed E-state index contributed by atoms with van der Waals surface area (Å²) in [6, 6.07) is 1.78. The molecule has 1 fully saturated rings. The van der Waals surface area contributed by atoms with Crippen molar-refractivity contribution in [2.24, 2.45) is 12.5 Å². The quantitative estimate of drug-likeness (QED) is 0.806. The molecule has 0 atom stereocenters. The lowest BCUT2D eigenvalue weighted by Crippen LogP contribution is -2.23. The fourth-order valence-corrected chi connectivity index (χ4v) is 1.45. The van der Waals surface area contributed by atoms with Crippen LogP contribution in [0.15, 0.2) is 12.3 Å². The molecule has 1 aliphatic rings. The fraction of sp³-hybridized carbons (Fsp3) is 0.667. The molecule has 0 saturated heterocycles. The third kappa shape index (κ3) is 1.58. The zero-order valence-corrected chi connectivity index (χ0v) is 8.00. The molecule has 1 aromatic rings. The van der Waals surface area contributed by atoms with Gasteiger partial charge >= 0.3 is 0 Å². The highest BCUT2D eigenvalue weighted by atomic mass is 19.3. The molecule has 78 valence electrons. The lowest BCUT2D eigenvalue weighted by Gasteiger charge is -2.15. The lowest BCUT2D eigenvalue weighted by molar-refractivity contribution is 0.0687. The van der Waals surface area contributed by atoms with E-state index in [1.165, 1.54) is 0 Å². The molecule has 5 heteroatoms. The Hall–Kier alpha value is -1.13. The average Bonchev–Trinajstić information content (AvgIpc) is 2.83.